The van der Waals surface area contributed by atoms with Crippen molar-refractivity contribution >= 4 is 17.3 Å². The molecule has 3 heteroatoms. The van der Waals surface area contributed by atoms with Crippen LogP contribution in [0.5, 0.6) is 0 Å². The molecule has 0 aromatic heterocycles. The first-order chi connectivity index (χ1) is 9.26. The third-order valence-electron chi connectivity index (χ3n) is 4.11. The minimum atomic E-state index is 0.664. The predicted octanol–water partition coefficient (Wildman–Crippen LogP) is 4.00. The van der Waals surface area contributed by atoms with Crippen LogP contribution < -0.4 is 10.6 Å². The van der Waals surface area contributed by atoms with E-state index >= 15 is 0 Å². The smallest absolute Gasteiger partial charge is 0.0642 e. The van der Waals surface area contributed by atoms with Crippen molar-refractivity contribution in [3.05, 3.63) is 28.8 Å². The van der Waals surface area contributed by atoms with Crippen molar-refractivity contribution < 1.29 is 0 Å². The summed E-state index contributed by atoms with van der Waals surface area (Å²) in [4.78, 5) is 2.48. The Morgan fingerprint density at radius 2 is 2.00 bits per heavy atom. The molecule has 0 atom stereocenters. The van der Waals surface area contributed by atoms with Gasteiger partial charge in [-0.2, -0.15) is 0 Å². The minimum Gasteiger partial charge on any atom is -0.368 e. The van der Waals surface area contributed by atoms with Crippen LogP contribution in [0.15, 0.2) is 18.2 Å². The first-order valence-electron chi connectivity index (χ1n) is 7.51. The van der Waals surface area contributed by atoms with Gasteiger partial charge in [0.1, 0.15) is 0 Å². The highest BCUT2D eigenvalue weighted by atomic mass is 35.5. The number of nitrogens with zero attached hydrogens (tertiary/aromatic N) is 1. The molecule has 0 amide bonds. The lowest BCUT2D eigenvalue weighted by Gasteiger charge is -2.36. The Hall–Kier alpha value is -0.730. The maximum absolute atomic E-state index is 6.48. The summed E-state index contributed by atoms with van der Waals surface area (Å²) in [5, 5.41) is 0.873. The number of hydrogen-bond donors (Lipinski definition) is 1. The molecule has 1 aliphatic rings. The van der Waals surface area contributed by atoms with Gasteiger partial charge in [0.25, 0.3) is 0 Å². The molecular formula is C16H25ClN2. The molecule has 1 aromatic rings. The zero-order valence-corrected chi connectivity index (χ0v) is 12.6. The van der Waals surface area contributed by atoms with Crippen molar-refractivity contribution in [1.29, 1.82) is 0 Å². The standard InChI is InChI=1S/C16H25ClN2/c1-2-19(14-6-4-3-5-7-14)16-9-8-13(10-11-18)12-15(16)17/h8-9,12,14H,2-7,10-11,18H2,1H3. The van der Waals surface area contributed by atoms with E-state index < -0.39 is 0 Å². The van der Waals surface area contributed by atoms with E-state index in [0.717, 1.165) is 18.0 Å². The van der Waals surface area contributed by atoms with Gasteiger partial charge in [-0.1, -0.05) is 36.9 Å². The van der Waals surface area contributed by atoms with Gasteiger partial charge >= 0.3 is 0 Å². The van der Waals surface area contributed by atoms with Crippen molar-refractivity contribution in [3.8, 4) is 0 Å². The molecule has 1 saturated carbocycles. The highest BCUT2D eigenvalue weighted by molar-refractivity contribution is 6.33. The van der Waals surface area contributed by atoms with Gasteiger partial charge < -0.3 is 10.6 Å². The zero-order valence-electron chi connectivity index (χ0n) is 11.9. The van der Waals surface area contributed by atoms with Crippen molar-refractivity contribution in [2.24, 2.45) is 5.73 Å². The average molecular weight is 281 g/mol. The number of rotatable bonds is 5. The monoisotopic (exact) mass is 280 g/mol. The highest BCUT2D eigenvalue weighted by Gasteiger charge is 2.21. The summed E-state index contributed by atoms with van der Waals surface area (Å²) in [7, 11) is 0. The summed E-state index contributed by atoms with van der Waals surface area (Å²) >= 11 is 6.48. The SMILES string of the molecule is CCN(c1ccc(CCN)cc1Cl)C1CCCCC1. The van der Waals surface area contributed by atoms with E-state index in [-0.39, 0.29) is 0 Å². The molecule has 0 unspecified atom stereocenters. The molecule has 0 saturated heterocycles. The summed E-state index contributed by atoms with van der Waals surface area (Å²) < 4.78 is 0. The fourth-order valence-electron chi connectivity index (χ4n) is 3.12. The molecular weight excluding hydrogens is 256 g/mol. The molecule has 0 heterocycles. The molecule has 2 N–H and O–H groups in total. The Balaban J connectivity index is 2.17. The summed E-state index contributed by atoms with van der Waals surface area (Å²) in [6.45, 7) is 3.93. The van der Waals surface area contributed by atoms with Gasteiger partial charge in [0.15, 0.2) is 0 Å². The van der Waals surface area contributed by atoms with Crippen LogP contribution in [0.4, 0.5) is 5.69 Å². The quantitative estimate of drug-likeness (QED) is 0.883. The number of benzene rings is 1. The number of anilines is 1. The van der Waals surface area contributed by atoms with Gasteiger partial charge in [-0.3, -0.25) is 0 Å². The van der Waals surface area contributed by atoms with Crippen LogP contribution in [0.2, 0.25) is 5.02 Å². The fourth-order valence-corrected chi connectivity index (χ4v) is 3.44. The van der Waals surface area contributed by atoms with E-state index in [1.807, 2.05) is 0 Å². The second-order valence-corrected chi connectivity index (χ2v) is 5.81. The number of halogens is 1. The second kappa shape index (κ2) is 7.16. The van der Waals surface area contributed by atoms with Gasteiger partial charge in [-0.25, -0.2) is 0 Å². The highest BCUT2D eigenvalue weighted by Crippen LogP contribution is 2.32. The van der Waals surface area contributed by atoms with Gasteiger partial charge in [0.2, 0.25) is 0 Å². The molecule has 0 spiro atoms. The normalized spacial score (nSPS) is 16.6. The Bertz CT molecular complexity index is 400. The van der Waals surface area contributed by atoms with Gasteiger partial charge in [-0.05, 0) is 50.4 Å². The van der Waals surface area contributed by atoms with E-state index in [9.17, 15) is 0 Å². The maximum atomic E-state index is 6.48. The van der Waals surface area contributed by atoms with Crippen LogP contribution in [0.25, 0.3) is 0 Å². The lowest BCUT2D eigenvalue weighted by molar-refractivity contribution is 0.418. The molecule has 0 bridgehead atoms. The lowest BCUT2D eigenvalue weighted by atomic mass is 9.93. The van der Waals surface area contributed by atoms with E-state index in [0.29, 0.717) is 12.6 Å². The zero-order chi connectivity index (χ0) is 13.7. The third kappa shape index (κ3) is 3.64. The number of nitrogens with two attached hydrogens (primary N) is 1. The Morgan fingerprint density at radius 1 is 1.26 bits per heavy atom. The summed E-state index contributed by atoms with van der Waals surface area (Å²) in [5.41, 5.74) is 8.02. The molecule has 106 valence electrons. The largest absolute Gasteiger partial charge is 0.368 e. The van der Waals surface area contributed by atoms with Crippen LogP contribution in [0.3, 0.4) is 0 Å². The van der Waals surface area contributed by atoms with E-state index in [2.05, 4.69) is 30.0 Å². The Kier molecular flexibility index (Phi) is 5.53. The van der Waals surface area contributed by atoms with Crippen LogP contribution in [-0.4, -0.2) is 19.1 Å². The second-order valence-electron chi connectivity index (χ2n) is 5.40. The maximum Gasteiger partial charge on any atom is 0.0642 e. The van der Waals surface area contributed by atoms with Gasteiger partial charge in [0.05, 0.1) is 10.7 Å². The predicted molar refractivity (Wildman–Crippen MR) is 84.1 cm³/mol. The van der Waals surface area contributed by atoms with Crippen molar-refractivity contribution in [2.45, 2.75) is 51.5 Å². The summed E-state index contributed by atoms with van der Waals surface area (Å²) in [6, 6.07) is 7.08. The van der Waals surface area contributed by atoms with Gasteiger partial charge in [-0.15, -0.1) is 0 Å². The van der Waals surface area contributed by atoms with Crippen LogP contribution in [-0.2, 0) is 6.42 Å². The van der Waals surface area contributed by atoms with E-state index in [1.54, 1.807) is 0 Å². The van der Waals surface area contributed by atoms with E-state index in [1.165, 1.54) is 43.4 Å². The van der Waals surface area contributed by atoms with E-state index in [4.69, 9.17) is 17.3 Å². The van der Waals surface area contributed by atoms with Crippen LogP contribution in [0, 0.1) is 0 Å². The Labute approximate surface area is 121 Å². The Morgan fingerprint density at radius 3 is 2.58 bits per heavy atom. The topological polar surface area (TPSA) is 29.3 Å². The molecule has 1 aliphatic carbocycles. The van der Waals surface area contributed by atoms with Crippen molar-refractivity contribution in [1.82, 2.24) is 0 Å². The van der Waals surface area contributed by atoms with Crippen molar-refractivity contribution in [2.75, 3.05) is 18.0 Å². The molecule has 0 aliphatic heterocycles. The minimum absolute atomic E-state index is 0.664. The van der Waals surface area contributed by atoms with Crippen LogP contribution in [0.1, 0.15) is 44.6 Å². The van der Waals surface area contributed by atoms with Gasteiger partial charge in [0, 0.05) is 12.6 Å². The van der Waals surface area contributed by atoms with Crippen molar-refractivity contribution in [3.63, 3.8) is 0 Å². The van der Waals surface area contributed by atoms with Crippen LogP contribution >= 0.6 is 11.6 Å². The molecule has 1 aromatic carbocycles. The summed E-state index contributed by atoms with van der Waals surface area (Å²) in [6.07, 6.45) is 7.59. The number of hydrogen-bond acceptors (Lipinski definition) is 2. The molecule has 19 heavy (non-hydrogen) atoms. The molecule has 2 nitrogen and oxygen atoms in total. The first kappa shape index (κ1) is 14.7. The lowest BCUT2D eigenvalue weighted by Crippen LogP contribution is -2.36. The fraction of sp³-hybridized carbons (Fsp3) is 0.625. The molecule has 1 fully saturated rings. The molecule has 2 rings (SSSR count). The summed E-state index contributed by atoms with van der Waals surface area (Å²) in [5.74, 6) is 0. The first-order valence-corrected chi connectivity index (χ1v) is 7.89. The average Bonchev–Trinajstić information content (AvgIpc) is 2.43. The third-order valence-corrected chi connectivity index (χ3v) is 4.41. The molecule has 0 radical (unpaired) electrons.